The first kappa shape index (κ1) is 9.83. The zero-order valence-corrected chi connectivity index (χ0v) is 9.17. The van der Waals surface area contributed by atoms with Gasteiger partial charge in [-0.1, -0.05) is 0 Å². The minimum atomic E-state index is -0.155. The first-order chi connectivity index (χ1) is 8.25. The molecule has 0 fully saturated rings. The molecule has 86 valence electrons. The van der Waals surface area contributed by atoms with E-state index >= 15 is 0 Å². The normalized spacial score (nSPS) is 11.1. The van der Waals surface area contributed by atoms with Crippen LogP contribution in [0.25, 0.3) is 10.9 Å². The topological polar surface area (TPSA) is 76.7 Å². The zero-order chi connectivity index (χ0) is 11.8. The standard InChI is InChI=1S/C11H10N4O2/c1-15-10-8(11(16)14-15)6-12-13-9(10)5-7-3-2-4-17-7/h2-4,6H,5H2,1H3,(H,14,16). The van der Waals surface area contributed by atoms with Gasteiger partial charge in [0, 0.05) is 7.05 Å². The second-order valence-corrected chi connectivity index (χ2v) is 3.81. The van der Waals surface area contributed by atoms with E-state index in [4.69, 9.17) is 4.42 Å². The Morgan fingerprint density at radius 1 is 1.53 bits per heavy atom. The predicted octanol–water partition coefficient (Wildman–Crippen LogP) is 0.840. The number of fused-ring (bicyclic) bond motifs is 1. The molecule has 0 spiro atoms. The van der Waals surface area contributed by atoms with Crippen molar-refractivity contribution in [3.8, 4) is 0 Å². The molecule has 0 atom stereocenters. The smallest absolute Gasteiger partial charge is 0.273 e. The summed E-state index contributed by atoms with van der Waals surface area (Å²) in [6, 6.07) is 3.68. The molecular weight excluding hydrogens is 220 g/mol. The summed E-state index contributed by atoms with van der Waals surface area (Å²) in [4.78, 5) is 11.6. The largest absolute Gasteiger partial charge is 0.469 e. The maximum atomic E-state index is 11.6. The highest BCUT2D eigenvalue weighted by molar-refractivity contribution is 5.79. The van der Waals surface area contributed by atoms with Crippen LogP contribution in [0.4, 0.5) is 0 Å². The molecule has 0 saturated heterocycles. The number of hydrogen-bond donors (Lipinski definition) is 1. The van der Waals surface area contributed by atoms with Crippen LogP contribution in [0.15, 0.2) is 33.8 Å². The molecule has 0 radical (unpaired) electrons. The van der Waals surface area contributed by atoms with Crippen molar-refractivity contribution in [2.75, 3.05) is 0 Å². The lowest BCUT2D eigenvalue weighted by atomic mass is 10.2. The maximum Gasteiger partial charge on any atom is 0.273 e. The Labute approximate surface area is 95.9 Å². The van der Waals surface area contributed by atoms with Crippen molar-refractivity contribution >= 4 is 10.9 Å². The molecule has 17 heavy (non-hydrogen) atoms. The minimum Gasteiger partial charge on any atom is -0.469 e. The number of hydrogen-bond acceptors (Lipinski definition) is 4. The minimum absolute atomic E-state index is 0.155. The van der Waals surface area contributed by atoms with Crippen LogP contribution in [0, 0.1) is 0 Å². The van der Waals surface area contributed by atoms with Gasteiger partial charge in [-0.3, -0.25) is 14.6 Å². The molecule has 0 amide bonds. The van der Waals surface area contributed by atoms with E-state index in [2.05, 4.69) is 15.3 Å². The van der Waals surface area contributed by atoms with Gasteiger partial charge >= 0.3 is 0 Å². The van der Waals surface area contributed by atoms with Gasteiger partial charge in [0.2, 0.25) is 0 Å². The number of nitrogens with zero attached hydrogens (tertiary/aromatic N) is 3. The van der Waals surface area contributed by atoms with E-state index < -0.39 is 0 Å². The molecule has 3 aromatic heterocycles. The summed E-state index contributed by atoms with van der Waals surface area (Å²) >= 11 is 0. The fourth-order valence-electron chi connectivity index (χ4n) is 1.93. The molecule has 0 aliphatic heterocycles. The number of rotatable bonds is 2. The summed E-state index contributed by atoms with van der Waals surface area (Å²) in [5.41, 5.74) is 1.33. The number of nitrogens with one attached hydrogen (secondary N) is 1. The van der Waals surface area contributed by atoms with E-state index in [0.717, 1.165) is 17.0 Å². The number of furan rings is 1. The van der Waals surface area contributed by atoms with Crippen LogP contribution in [0.3, 0.4) is 0 Å². The van der Waals surface area contributed by atoms with E-state index in [1.165, 1.54) is 6.20 Å². The highest BCUT2D eigenvalue weighted by Crippen LogP contribution is 2.15. The van der Waals surface area contributed by atoms with Crippen LogP contribution >= 0.6 is 0 Å². The molecule has 3 aromatic rings. The van der Waals surface area contributed by atoms with Crippen LogP contribution in [-0.4, -0.2) is 20.0 Å². The average molecular weight is 230 g/mol. The van der Waals surface area contributed by atoms with Crippen LogP contribution in [0.2, 0.25) is 0 Å². The third-order valence-electron chi connectivity index (χ3n) is 2.66. The Hall–Kier alpha value is -2.37. The summed E-state index contributed by atoms with van der Waals surface area (Å²) in [5.74, 6) is 0.792. The number of H-pyrrole nitrogens is 1. The summed E-state index contributed by atoms with van der Waals surface area (Å²) in [6.07, 6.45) is 3.60. The first-order valence-electron chi connectivity index (χ1n) is 5.17. The maximum absolute atomic E-state index is 11.6. The monoisotopic (exact) mass is 230 g/mol. The quantitative estimate of drug-likeness (QED) is 0.707. The molecule has 0 aliphatic rings. The second-order valence-electron chi connectivity index (χ2n) is 3.81. The molecule has 3 heterocycles. The number of aromatic nitrogens is 4. The average Bonchev–Trinajstić information content (AvgIpc) is 2.90. The molecule has 6 nitrogen and oxygen atoms in total. The highest BCUT2D eigenvalue weighted by atomic mass is 16.3. The Morgan fingerprint density at radius 3 is 3.18 bits per heavy atom. The lowest BCUT2D eigenvalue weighted by molar-refractivity contribution is 0.518. The van der Waals surface area contributed by atoms with Gasteiger partial charge in [-0.2, -0.15) is 10.2 Å². The highest BCUT2D eigenvalue weighted by Gasteiger charge is 2.12. The van der Waals surface area contributed by atoms with Crippen molar-refractivity contribution < 1.29 is 4.42 Å². The molecule has 0 aromatic carbocycles. The van der Waals surface area contributed by atoms with Gasteiger partial charge in [-0.15, -0.1) is 0 Å². The van der Waals surface area contributed by atoms with Crippen molar-refractivity contribution in [2.45, 2.75) is 6.42 Å². The predicted molar refractivity (Wildman–Crippen MR) is 60.6 cm³/mol. The molecule has 3 rings (SSSR count). The molecule has 6 heteroatoms. The Balaban J connectivity index is 2.19. The summed E-state index contributed by atoms with van der Waals surface area (Å²) in [7, 11) is 1.77. The van der Waals surface area contributed by atoms with Crippen LogP contribution in [-0.2, 0) is 13.5 Å². The Morgan fingerprint density at radius 2 is 2.41 bits per heavy atom. The second kappa shape index (κ2) is 3.58. The van der Waals surface area contributed by atoms with Crippen molar-refractivity contribution in [1.82, 2.24) is 20.0 Å². The van der Waals surface area contributed by atoms with Gasteiger partial charge in [0.1, 0.15) is 5.76 Å². The van der Waals surface area contributed by atoms with Gasteiger partial charge in [-0.25, -0.2) is 0 Å². The molecule has 1 N–H and O–H groups in total. The molecular formula is C11H10N4O2. The molecule has 0 aliphatic carbocycles. The van der Waals surface area contributed by atoms with Crippen molar-refractivity contribution in [3.63, 3.8) is 0 Å². The number of aromatic amines is 1. The Kier molecular flexibility index (Phi) is 2.07. The van der Waals surface area contributed by atoms with Gasteiger partial charge in [0.25, 0.3) is 5.56 Å². The van der Waals surface area contributed by atoms with E-state index in [0.29, 0.717) is 11.8 Å². The molecule has 0 saturated carbocycles. The van der Waals surface area contributed by atoms with Crippen LogP contribution in [0.5, 0.6) is 0 Å². The van der Waals surface area contributed by atoms with Crippen molar-refractivity contribution in [1.29, 1.82) is 0 Å². The lowest BCUT2D eigenvalue weighted by Gasteiger charge is -2.00. The van der Waals surface area contributed by atoms with Gasteiger partial charge in [-0.05, 0) is 12.1 Å². The summed E-state index contributed by atoms with van der Waals surface area (Å²) in [5, 5.41) is 11.1. The SMILES string of the molecule is Cn1[nH]c(=O)c2cnnc(Cc3ccco3)c21. The van der Waals surface area contributed by atoms with E-state index in [1.807, 2.05) is 12.1 Å². The van der Waals surface area contributed by atoms with E-state index in [9.17, 15) is 4.79 Å². The summed E-state index contributed by atoms with van der Waals surface area (Å²) < 4.78 is 6.93. The van der Waals surface area contributed by atoms with E-state index in [1.54, 1.807) is 18.0 Å². The lowest BCUT2D eigenvalue weighted by Crippen LogP contribution is -2.01. The third kappa shape index (κ3) is 1.54. The first-order valence-corrected chi connectivity index (χ1v) is 5.17. The number of aryl methyl sites for hydroxylation is 1. The van der Waals surface area contributed by atoms with Gasteiger partial charge in [0.15, 0.2) is 0 Å². The van der Waals surface area contributed by atoms with Gasteiger partial charge < -0.3 is 4.42 Å². The zero-order valence-electron chi connectivity index (χ0n) is 9.17. The third-order valence-corrected chi connectivity index (χ3v) is 2.66. The van der Waals surface area contributed by atoms with Crippen molar-refractivity contribution in [2.24, 2.45) is 7.05 Å². The van der Waals surface area contributed by atoms with Gasteiger partial charge in [0.05, 0.1) is 35.5 Å². The Bertz CT molecular complexity index is 709. The van der Waals surface area contributed by atoms with Crippen molar-refractivity contribution in [3.05, 3.63) is 46.4 Å². The van der Waals surface area contributed by atoms with Crippen LogP contribution in [0.1, 0.15) is 11.5 Å². The molecule has 0 bridgehead atoms. The summed E-state index contributed by atoms with van der Waals surface area (Å²) in [6.45, 7) is 0. The molecule has 0 unspecified atom stereocenters. The van der Waals surface area contributed by atoms with E-state index in [-0.39, 0.29) is 5.56 Å². The van der Waals surface area contributed by atoms with Crippen LogP contribution < -0.4 is 5.56 Å². The fourth-order valence-corrected chi connectivity index (χ4v) is 1.93. The fraction of sp³-hybridized carbons (Fsp3) is 0.182.